The van der Waals surface area contributed by atoms with E-state index in [2.05, 4.69) is 21.3 Å². The Hall–Kier alpha value is -4.20. The molecule has 0 saturated heterocycles. The summed E-state index contributed by atoms with van der Waals surface area (Å²) >= 11 is 0. The van der Waals surface area contributed by atoms with Gasteiger partial charge in [0, 0.05) is 24.5 Å². The van der Waals surface area contributed by atoms with Gasteiger partial charge in [0.25, 0.3) is 0 Å². The van der Waals surface area contributed by atoms with Gasteiger partial charge in [-0.25, -0.2) is 9.59 Å². The molecule has 0 aliphatic carbocycles. The molecule has 3 aromatic rings. The van der Waals surface area contributed by atoms with Gasteiger partial charge in [-0.3, -0.25) is 0 Å². The van der Waals surface area contributed by atoms with Crippen LogP contribution in [-0.4, -0.2) is 26.3 Å². The Kier molecular flexibility index (Phi) is 7.91. The number of urea groups is 2. The number of hydrogen-bond acceptors (Lipinski definition) is 4. The summed E-state index contributed by atoms with van der Waals surface area (Å²) in [5, 5.41) is 11.2. The maximum Gasteiger partial charge on any atom is 0.319 e. The molecule has 0 atom stereocenters. The maximum atomic E-state index is 12.1. The molecule has 0 aliphatic rings. The second-order valence-corrected chi connectivity index (χ2v) is 6.89. The lowest BCUT2D eigenvalue weighted by molar-refractivity contribution is 0.251. The SMILES string of the molecule is COc1ccc(NC(=O)NCc2cccc(CNC(=O)Nc3ccc(OC)cc3)c2)cc1. The van der Waals surface area contributed by atoms with Crippen LogP contribution >= 0.6 is 0 Å². The Morgan fingerprint density at radius 3 is 1.44 bits per heavy atom. The van der Waals surface area contributed by atoms with Gasteiger partial charge in [0.1, 0.15) is 11.5 Å². The van der Waals surface area contributed by atoms with Crippen LogP contribution in [0, 0.1) is 0 Å². The standard InChI is InChI=1S/C24H26N4O4/c1-31-21-10-6-19(7-11-21)27-23(29)25-15-17-4-3-5-18(14-17)16-26-24(30)28-20-8-12-22(32-2)13-9-20/h3-14H,15-16H2,1-2H3,(H2,25,27,29)(H2,26,28,30). The van der Waals surface area contributed by atoms with Crippen LogP contribution in [0.15, 0.2) is 72.8 Å². The van der Waals surface area contributed by atoms with Gasteiger partial charge in [-0.1, -0.05) is 24.3 Å². The van der Waals surface area contributed by atoms with Gasteiger partial charge in [0.05, 0.1) is 14.2 Å². The van der Waals surface area contributed by atoms with E-state index in [1.165, 1.54) is 0 Å². The van der Waals surface area contributed by atoms with Crippen molar-refractivity contribution >= 4 is 23.4 Å². The average molecular weight is 434 g/mol. The number of rotatable bonds is 8. The topological polar surface area (TPSA) is 101 Å². The normalized spacial score (nSPS) is 10.1. The van der Waals surface area contributed by atoms with Crippen molar-refractivity contribution in [3.8, 4) is 11.5 Å². The Bertz CT molecular complexity index is 956. The van der Waals surface area contributed by atoms with E-state index < -0.39 is 0 Å². The van der Waals surface area contributed by atoms with E-state index in [1.54, 1.807) is 62.8 Å². The lowest BCUT2D eigenvalue weighted by atomic mass is 10.1. The molecule has 0 radical (unpaired) electrons. The summed E-state index contributed by atoms with van der Waals surface area (Å²) in [5.41, 5.74) is 3.18. The zero-order valence-electron chi connectivity index (χ0n) is 18.0. The summed E-state index contributed by atoms with van der Waals surface area (Å²) < 4.78 is 10.2. The minimum absolute atomic E-state index is 0.308. The number of methoxy groups -OCH3 is 2. The minimum atomic E-state index is -0.308. The zero-order chi connectivity index (χ0) is 22.8. The van der Waals surface area contributed by atoms with Crippen molar-refractivity contribution in [2.45, 2.75) is 13.1 Å². The van der Waals surface area contributed by atoms with Crippen molar-refractivity contribution in [3.05, 3.63) is 83.9 Å². The van der Waals surface area contributed by atoms with E-state index in [0.29, 0.717) is 24.5 Å². The molecule has 4 amide bonds. The number of amides is 4. The van der Waals surface area contributed by atoms with Gasteiger partial charge in [-0.15, -0.1) is 0 Å². The molecular formula is C24H26N4O4. The number of nitrogens with one attached hydrogen (secondary N) is 4. The molecular weight excluding hydrogens is 408 g/mol. The van der Waals surface area contributed by atoms with E-state index in [4.69, 9.17) is 9.47 Å². The molecule has 0 fully saturated rings. The van der Waals surface area contributed by atoms with Crippen LogP contribution in [-0.2, 0) is 13.1 Å². The fraction of sp³-hybridized carbons (Fsp3) is 0.167. The summed E-state index contributed by atoms with van der Waals surface area (Å²) in [4.78, 5) is 24.3. The first-order valence-corrected chi connectivity index (χ1v) is 10.0. The second kappa shape index (κ2) is 11.3. The van der Waals surface area contributed by atoms with Crippen LogP contribution in [0.3, 0.4) is 0 Å². The number of carbonyl (C=O) groups is 2. The Balaban J connectivity index is 1.44. The number of ether oxygens (including phenoxy) is 2. The third-order valence-electron chi connectivity index (χ3n) is 4.59. The summed E-state index contributed by atoms with van der Waals surface area (Å²) in [6.45, 7) is 0.710. The molecule has 3 rings (SSSR count). The number of benzene rings is 3. The van der Waals surface area contributed by atoms with Crippen LogP contribution in [0.4, 0.5) is 21.0 Å². The smallest absolute Gasteiger partial charge is 0.319 e. The molecule has 8 nitrogen and oxygen atoms in total. The predicted octanol–water partition coefficient (Wildman–Crippen LogP) is 4.35. The summed E-state index contributed by atoms with van der Waals surface area (Å²) in [5.74, 6) is 1.44. The molecule has 0 saturated carbocycles. The van der Waals surface area contributed by atoms with E-state index in [9.17, 15) is 9.59 Å². The van der Waals surface area contributed by atoms with Crippen LogP contribution in [0.25, 0.3) is 0 Å². The van der Waals surface area contributed by atoms with Crippen molar-refractivity contribution in [3.63, 3.8) is 0 Å². The van der Waals surface area contributed by atoms with Crippen molar-refractivity contribution < 1.29 is 19.1 Å². The average Bonchev–Trinajstić information content (AvgIpc) is 2.83. The number of carbonyl (C=O) groups excluding carboxylic acids is 2. The van der Waals surface area contributed by atoms with Gasteiger partial charge in [0.2, 0.25) is 0 Å². The first kappa shape index (κ1) is 22.5. The predicted molar refractivity (Wildman–Crippen MR) is 124 cm³/mol. The zero-order valence-corrected chi connectivity index (χ0v) is 18.0. The van der Waals surface area contributed by atoms with Crippen LogP contribution in [0.2, 0.25) is 0 Å². The third-order valence-corrected chi connectivity index (χ3v) is 4.59. The highest BCUT2D eigenvalue weighted by molar-refractivity contribution is 5.89. The summed E-state index contributed by atoms with van der Waals surface area (Å²) in [6.07, 6.45) is 0. The van der Waals surface area contributed by atoms with E-state index >= 15 is 0 Å². The Morgan fingerprint density at radius 2 is 1.06 bits per heavy atom. The Labute approximate surface area is 186 Å². The highest BCUT2D eigenvalue weighted by Gasteiger charge is 2.05. The highest BCUT2D eigenvalue weighted by Crippen LogP contribution is 2.16. The van der Waals surface area contributed by atoms with Crippen LogP contribution in [0.5, 0.6) is 11.5 Å². The minimum Gasteiger partial charge on any atom is -0.497 e. The molecule has 4 N–H and O–H groups in total. The maximum absolute atomic E-state index is 12.1. The monoisotopic (exact) mass is 434 g/mol. The fourth-order valence-electron chi connectivity index (χ4n) is 2.91. The van der Waals surface area contributed by atoms with Gasteiger partial charge in [-0.05, 0) is 59.7 Å². The third kappa shape index (κ3) is 6.94. The summed E-state index contributed by atoms with van der Waals surface area (Å²) in [7, 11) is 3.18. The van der Waals surface area contributed by atoms with E-state index in [-0.39, 0.29) is 12.1 Å². The molecule has 0 spiro atoms. The summed E-state index contributed by atoms with van der Waals surface area (Å²) in [6, 6.07) is 21.2. The number of hydrogen-bond donors (Lipinski definition) is 4. The Morgan fingerprint density at radius 1 is 0.656 bits per heavy atom. The van der Waals surface area contributed by atoms with Crippen molar-refractivity contribution in [2.75, 3.05) is 24.9 Å². The molecule has 0 unspecified atom stereocenters. The first-order valence-electron chi connectivity index (χ1n) is 10.0. The molecule has 0 heterocycles. The first-order chi connectivity index (χ1) is 15.6. The molecule has 0 aliphatic heterocycles. The van der Waals surface area contributed by atoms with Crippen LogP contribution in [0.1, 0.15) is 11.1 Å². The van der Waals surface area contributed by atoms with E-state index in [1.807, 2.05) is 24.3 Å². The lowest BCUT2D eigenvalue weighted by Crippen LogP contribution is -2.29. The lowest BCUT2D eigenvalue weighted by Gasteiger charge is -2.11. The van der Waals surface area contributed by atoms with Gasteiger partial charge in [0.15, 0.2) is 0 Å². The molecule has 0 aromatic heterocycles. The highest BCUT2D eigenvalue weighted by atomic mass is 16.5. The van der Waals surface area contributed by atoms with Crippen molar-refractivity contribution in [1.82, 2.24) is 10.6 Å². The van der Waals surface area contributed by atoms with Crippen LogP contribution < -0.4 is 30.7 Å². The van der Waals surface area contributed by atoms with Gasteiger partial charge in [-0.2, -0.15) is 0 Å². The molecule has 0 bridgehead atoms. The fourth-order valence-corrected chi connectivity index (χ4v) is 2.91. The molecule has 3 aromatic carbocycles. The quantitative estimate of drug-likeness (QED) is 0.423. The van der Waals surface area contributed by atoms with Gasteiger partial charge >= 0.3 is 12.1 Å². The van der Waals surface area contributed by atoms with Crippen molar-refractivity contribution in [1.29, 1.82) is 0 Å². The second-order valence-electron chi connectivity index (χ2n) is 6.89. The number of anilines is 2. The van der Waals surface area contributed by atoms with E-state index in [0.717, 1.165) is 22.6 Å². The van der Waals surface area contributed by atoms with Crippen molar-refractivity contribution in [2.24, 2.45) is 0 Å². The largest absolute Gasteiger partial charge is 0.497 e. The molecule has 32 heavy (non-hydrogen) atoms. The molecule has 8 heteroatoms. The van der Waals surface area contributed by atoms with Gasteiger partial charge < -0.3 is 30.7 Å². The molecule has 166 valence electrons.